The fourth-order valence-corrected chi connectivity index (χ4v) is 2.35. The van der Waals surface area contributed by atoms with E-state index in [2.05, 4.69) is 4.98 Å². The molecule has 0 radical (unpaired) electrons. The smallest absolute Gasteiger partial charge is 0.141 e. The fourth-order valence-electron chi connectivity index (χ4n) is 2.17. The van der Waals surface area contributed by atoms with Crippen LogP contribution in [0, 0.1) is 5.82 Å². The van der Waals surface area contributed by atoms with Gasteiger partial charge in [-0.1, -0.05) is 48.0 Å². The van der Waals surface area contributed by atoms with E-state index in [0.717, 1.165) is 22.3 Å². The van der Waals surface area contributed by atoms with Gasteiger partial charge >= 0.3 is 0 Å². The number of hydrogen-bond donors (Lipinski definition) is 0. The molecule has 0 aliphatic heterocycles. The fraction of sp³-hybridized carbons (Fsp3) is 0. The van der Waals surface area contributed by atoms with E-state index in [1.807, 2.05) is 42.6 Å². The minimum absolute atomic E-state index is 0.128. The van der Waals surface area contributed by atoms with Crippen LogP contribution in [0.1, 0.15) is 0 Å². The first-order valence-corrected chi connectivity index (χ1v) is 6.58. The van der Waals surface area contributed by atoms with Crippen molar-refractivity contribution in [2.45, 2.75) is 0 Å². The molecular weight excluding hydrogens is 273 g/mol. The van der Waals surface area contributed by atoms with E-state index in [1.165, 1.54) is 6.07 Å². The Kier molecular flexibility index (Phi) is 3.48. The van der Waals surface area contributed by atoms with Crippen LogP contribution in [0.15, 0.2) is 67.0 Å². The van der Waals surface area contributed by atoms with Gasteiger partial charge in [0.05, 0.1) is 5.02 Å². The lowest BCUT2D eigenvalue weighted by atomic mass is 9.95. The Bertz CT molecular complexity index is 741. The van der Waals surface area contributed by atoms with Gasteiger partial charge < -0.3 is 0 Å². The largest absolute Gasteiger partial charge is 0.264 e. The Hall–Kier alpha value is -2.19. The van der Waals surface area contributed by atoms with E-state index in [0.29, 0.717) is 0 Å². The van der Waals surface area contributed by atoms with Crippen molar-refractivity contribution in [3.8, 4) is 22.3 Å². The first kappa shape index (κ1) is 12.8. The van der Waals surface area contributed by atoms with Crippen LogP contribution in [0.3, 0.4) is 0 Å². The molecule has 20 heavy (non-hydrogen) atoms. The predicted molar refractivity (Wildman–Crippen MR) is 80.1 cm³/mol. The minimum atomic E-state index is -0.408. The molecule has 0 fully saturated rings. The van der Waals surface area contributed by atoms with Gasteiger partial charge in [-0.3, -0.25) is 4.98 Å². The molecule has 0 N–H and O–H groups in total. The second-order valence-electron chi connectivity index (χ2n) is 4.42. The number of hydrogen-bond acceptors (Lipinski definition) is 1. The van der Waals surface area contributed by atoms with Crippen molar-refractivity contribution >= 4 is 11.6 Å². The Morgan fingerprint density at radius 2 is 1.60 bits per heavy atom. The lowest BCUT2D eigenvalue weighted by Crippen LogP contribution is -1.86. The zero-order valence-corrected chi connectivity index (χ0v) is 11.3. The summed E-state index contributed by atoms with van der Waals surface area (Å²) in [6.07, 6.45) is 3.55. The van der Waals surface area contributed by atoms with Gasteiger partial charge in [0.2, 0.25) is 0 Å². The number of nitrogens with zero attached hydrogens (tertiary/aromatic N) is 1. The van der Waals surface area contributed by atoms with Gasteiger partial charge in [0.25, 0.3) is 0 Å². The maximum absolute atomic E-state index is 13.3. The molecule has 0 saturated heterocycles. The maximum Gasteiger partial charge on any atom is 0.141 e. The minimum Gasteiger partial charge on any atom is -0.264 e. The molecule has 0 spiro atoms. The standard InChI is InChI=1S/C17H11ClFN/c18-16-10-12(7-8-17(16)19)14-5-1-2-6-15(14)13-4-3-9-20-11-13/h1-11H. The zero-order valence-electron chi connectivity index (χ0n) is 10.6. The summed E-state index contributed by atoms with van der Waals surface area (Å²) >= 11 is 5.87. The van der Waals surface area contributed by atoms with Gasteiger partial charge in [0, 0.05) is 18.0 Å². The van der Waals surface area contributed by atoms with Crippen LogP contribution < -0.4 is 0 Å². The van der Waals surface area contributed by atoms with Crippen molar-refractivity contribution in [2.75, 3.05) is 0 Å². The third kappa shape index (κ3) is 2.43. The van der Waals surface area contributed by atoms with Crippen LogP contribution in [0.2, 0.25) is 5.02 Å². The number of rotatable bonds is 2. The van der Waals surface area contributed by atoms with Gasteiger partial charge in [0.1, 0.15) is 5.82 Å². The summed E-state index contributed by atoms with van der Waals surface area (Å²) in [6, 6.07) is 16.6. The molecule has 0 unspecified atom stereocenters. The first-order chi connectivity index (χ1) is 9.75. The number of aromatic nitrogens is 1. The average molecular weight is 284 g/mol. The Labute approximate surface area is 121 Å². The molecule has 0 aliphatic rings. The van der Waals surface area contributed by atoms with Crippen LogP contribution in [0.4, 0.5) is 4.39 Å². The summed E-state index contributed by atoms with van der Waals surface area (Å²) in [5.41, 5.74) is 3.95. The lowest BCUT2D eigenvalue weighted by Gasteiger charge is -2.10. The number of pyridine rings is 1. The Balaban J connectivity index is 2.17. The Morgan fingerprint density at radius 3 is 2.25 bits per heavy atom. The van der Waals surface area contributed by atoms with Crippen LogP contribution in [0.5, 0.6) is 0 Å². The summed E-state index contributed by atoms with van der Waals surface area (Å²) < 4.78 is 13.3. The molecule has 0 bridgehead atoms. The molecule has 1 heterocycles. The summed E-state index contributed by atoms with van der Waals surface area (Å²) in [7, 11) is 0. The predicted octanol–water partition coefficient (Wildman–Crippen LogP) is 5.21. The van der Waals surface area contributed by atoms with Gasteiger partial charge in [-0.15, -0.1) is 0 Å². The van der Waals surface area contributed by atoms with Crippen molar-refractivity contribution in [1.29, 1.82) is 0 Å². The normalized spacial score (nSPS) is 10.5. The molecule has 1 nitrogen and oxygen atoms in total. The summed E-state index contributed by atoms with van der Waals surface area (Å²) in [5.74, 6) is -0.408. The highest BCUT2D eigenvalue weighted by Gasteiger charge is 2.08. The van der Waals surface area contributed by atoms with E-state index in [1.54, 1.807) is 18.3 Å². The Morgan fingerprint density at radius 1 is 0.850 bits per heavy atom. The summed E-state index contributed by atoms with van der Waals surface area (Å²) in [4.78, 5) is 4.14. The monoisotopic (exact) mass is 283 g/mol. The molecular formula is C17H11ClFN. The van der Waals surface area contributed by atoms with Crippen molar-refractivity contribution in [3.05, 3.63) is 77.8 Å². The molecule has 98 valence electrons. The first-order valence-electron chi connectivity index (χ1n) is 6.20. The van der Waals surface area contributed by atoms with Crippen LogP contribution in [-0.4, -0.2) is 4.98 Å². The van der Waals surface area contributed by atoms with Crippen molar-refractivity contribution in [2.24, 2.45) is 0 Å². The highest BCUT2D eigenvalue weighted by molar-refractivity contribution is 6.31. The molecule has 0 saturated carbocycles. The van der Waals surface area contributed by atoms with Crippen LogP contribution in [0.25, 0.3) is 22.3 Å². The second kappa shape index (κ2) is 5.43. The summed E-state index contributed by atoms with van der Waals surface area (Å²) in [5, 5.41) is 0.128. The van der Waals surface area contributed by atoms with E-state index in [9.17, 15) is 4.39 Å². The van der Waals surface area contributed by atoms with Gasteiger partial charge in [-0.2, -0.15) is 0 Å². The maximum atomic E-state index is 13.3. The highest BCUT2D eigenvalue weighted by Crippen LogP contribution is 2.33. The van der Waals surface area contributed by atoms with Crippen molar-refractivity contribution in [3.63, 3.8) is 0 Å². The van der Waals surface area contributed by atoms with E-state index in [-0.39, 0.29) is 5.02 Å². The van der Waals surface area contributed by atoms with Gasteiger partial charge in [-0.25, -0.2) is 4.39 Å². The molecule has 0 atom stereocenters. The molecule has 1 aromatic heterocycles. The zero-order chi connectivity index (χ0) is 13.9. The second-order valence-corrected chi connectivity index (χ2v) is 4.82. The quantitative estimate of drug-likeness (QED) is 0.629. The molecule has 0 aliphatic carbocycles. The topological polar surface area (TPSA) is 12.9 Å². The van der Waals surface area contributed by atoms with E-state index >= 15 is 0 Å². The van der Waals surface area contributed by atoms with Crippen molar-refractivity contribution in [1.82, 2.24) is 4.98 Å². The van der Waals surface area contributed by atoms with E-state index < -0.39 is 5.82 Å². The average Bonchev–Trinajstić information content (AvgIpc) is 2.51. The number of benzene rings is 2. The summed E-state index contributed by atoms with van der Waals surface area (Å²) in [6.45, 7) is 0. The van der Waals surface area contributed by atoms with Gasteiger partial charge in [0.15, 0.2) is 0 Å². The molecule has 3 aromatic rings. The third-order valence-electron chi connectivity index (χ3n) is 3.13. The SMILES string of the molecule is Fc1ccc(-c2ccccc2-c2cccnc2)cc1Cl. The number of halogens is 2. The highest BCUT2D eigenvalue weighted by atomic mass is 35.5. The van der Waals surface area contributed by atoms with E-state index in [4.69, 9.17) is 11.6 Å². The van der Waals surface area contributed by atoms with Crippen LogP contribution >= 0.6 is 11.6 Å². The van der Waals surface area contributed by atoms with Crippen molar-refractivity contribution < 1.29 is 4.39 Å². The van der Waals surface area contributed by atoms with Crippen LogP contribution in [-0.2, 0) is 0 Å². The third-order valence-corrected chi connectivity index (χ3v) is 3.42. The molecule has 0 amide bonds. The molecule has 2 aromatic carbocycles. The molecule has 3 heteroatoms. The van der Waals surface area contributed by atoms with Gasteiger partial charge in [-0.05, 0) is 34.9 Å². The molecule has 3 rings (SSSR count). The lowest BCUT2D eigenvalue weighted by molar-refractivity contribution is 0.628.